The third-order valence-electron chi connectivity index (χ3n) is 2.61. The molecule has 0 heterocycles. The molecular weight excluding hydrogens is 299 g/mol. The van der Waals surface area contributed by atoms with E-state index in [0.717, 1.165) is 12.1 Å². The minimum atomic E-state index is -5.66. The lowest BCUT2D eigenvalue weighted by Crippen LogP contribution is -2.23. The van der Waals surface area contributed by atoms with Crippen molar-refractivity contribution < 1.29 is 26.5 Å². The van der Waals surface area contributed by atoms with Gasteiger partial charge < -0.3 is 0 Å². The van der Waals surface area contributed by atoms with Gasteiger partial charge in [-0.3, -0.25) is 10.1 Å². The number of benzene rings is 2. The number of sulfone groups is 1. The van der Waals surface area contributed by atoms with E-state index in [1.54, 1.807) is 0 Å². The van der Waals surface area contributed by atoms with Crippen LogP contribution >= 0.6 is 0 Å². The Kier molecular flexibility index (Phi) is 3.17. The Morgan fingerprint density at radius 3 is 2.25 bits per heavy atom. The lowest BCUT2D eigenvalue weighted by atomic mass is 10.1. The van der Waals surface area contributed by atoms with Gasteiger partial charge in [0.25, 0.3) is 15.5 Å². The Morgan fingerprint density at radius 1 is 1.10 bits per heavy atom. The van der Waals surface area contributed by atoms with Gasteiger partial charge >= 0.3 is 5.51 Å². The van der Waals surface area contributed by atoms with Crippen molar-refractivity contribution in [3.8, 4) is 0 Å². The molecule has 0 aliphatic heterocycles. The lowest BCUT2D eigenvalue weighted by molar-refractivity contribution is -0.384. The summed E-state index contributed by atoms with van der Waals surface area (Å²) in [4.78, 5) is 8.64. The summed E-state index contributed by atoms with van der Waals surface area (Å²) in [7, 11) is -5.66. The van der Waals surface area contributed by atoms with Gasteiger partial charge in [-0.2, -0.15) is 13.2 Å². The van der Waals surface area contributed by atoms with Crippen LogP contribution in [0, 0.1) is 10.1 Å². The average Bonchev–Trinajstić information content (AvgIpc) is 2.35. The molecule has 0 saturated heterocycles. The number of alkyl halides is 3. The van der Waals surface area contributed by atoms with Crippen LogP contribution < -0.4 is 0 Å². The van der Waals surface area contributed by atoms with E-state index >= 15 is 0 Å². The van der Waals surface area contributed by atoms with Crippen LogP contribution in [0.1, 0.15) is 0 Å². The van der Waals surface area contributed by atoms with Crippen LogP contribution in [0.2, 0.25) is 0 Å². The van der Waals surface area contributed by atoms with Gasteiger partial charge in [-0.1, -0.05) is 24.3 Å². The molecule has 0 unspecified atom stereocenters. The molecule has 2 rings (SSSR count). The quantitative estimate of drug-likeness (QED) is 0.631. The maximum atomic E-state index is 12.6. The smallest absolute Gasteiger partial charge is 0.258 e. The van der Waals surface area contributed by atoms with E-state index in [0.29, 0.717) is 6.07 Å². The minimum absolute atomic E-state index is 0.0459. The van der Waals surface area contributed by atoms with Crippen molar-refractivity contribution in [3.05, 3.63) is 46.5 Å². The zero-order valence-electron chi connectivity index (χ0n) is 9.59. The van der Waals surface area contributed by atoms with E-state index in [-0.39, 0.29) is 10.8 Å². The first-order chi connectivity index (χ1) is 9.14. The van der Waals surface area contributed by atoms with E-state index in [1.807, 2.05) is 0 Å². The van der Waals surface area contributed by atoms with Gasteiger partial charge in [-0.25, -0.2) is 8.42 Å². The summed E-state index contributed by atoms with van der Waals surface area (Å²) < 4.78 is 60.9. The summed E-state index contributed by atoms with van der Waals surface area (Å²) in [6.45, 7) is 0. The van der Waals surface area contributed by atoms with Gasteiger partial charge in [0.2, 0.25) is 0 Å². The highest BCUT2D eigenvalue weighted by Crippen LogP contribution is 2.36. The van der Waals surface area contributed by atoms with Crippen LogP contribution in [-0.4, -0.2) is 18.8 Å². The Hall–Kier alpha value is -2.16. The van der Waals surface area contributed by atoms with Gasteiger partial charge in [-0.15, -0.1) is 0 Å². The van der Waals surface area contributed by atoms with Crippen LogP contribution in [-0.2, 0) is 9.84 Å². The molecule has 0 bridgehead atoms. The molecular formula is C11H6F3NO4S. The molecule has 0 spiro atoms. The van der Waals surface area contributed by atoms with Gasteiger partial charge in [0.05, 0.1) is 9.82 Å². The van der Waals surface area contributed by atoms with Crippen molar-refractivity contribution in [2.24, 2.45) is 0 Å². The Morgan fingerprint density at radius 2 is 1.70 bits per heavy atom. The molecule has 0 radical (unpaired) electrons. The normalized spacial score (nSPS) is 12.6. The van der Waals surface area contributed by atoms with Crippen LogP contribution in [0.3, 0.4) is 0 Å². The molecule has 20 heavy (non-hydrogen) atoms. The monoisotopic (exact) mass is 305 g/mol. The minimum Gasteiger partial charge on any atom is -0.258 e. The van der Waals surface area contributed by atoms with E-state index in [2.05, 4.69) is 0 Å². The molecule has 0 aliphatic rings. The molecule has 0 atom stereocenters. The van der Waals surface area contributed by atoms with Crippen molar-refractivity contribution in [2.45, 2.75) is 10.4 Å². The second kappa shape index (κ2) is 4.44. The fourth-order valence-corrected chi connectivity index (χ4v) is 2.71. The molecule has 0 saturated carbocycles. The predicted octanol–water partition coefficient (Wildman–Crippen LogP) is 3.04. The number of halogens is 3. The van der Waals surface area contributed by atoms with Gasteiger partial charge in [0.15, 0.2) is 0 Å². The largest absolute Gasteiger partial charge is 0.501 e. The summed E-state index contributed by atoms with van der Waals surface area (Å²) in [6, 6.07) is 6.70. The number of nitro groups is 1. The topological polar surface area (TPSA) is 77.3 Å². The molecule has 0 N–H and O–H groups in total. The fraction of sp³-hybridized carbons (Fsp3) is 0.0909. The SMILES string of the molecule is O=[N+]([O-])c1cc(S(=O)(=O)C(F)(F)F)c2ccccc2c1. The van der Waals surface area contributed by atoms with E-state index in [9.17, 15) is 31.7 Å². The highest BCUT2D eigenvalue weighted by molar-refractivity contribution is 7.92. The number of nitro benzene ring substituents is 1. The van der Waals surface area contributed by atoms with Gasteiger partial charge in [0, 0.05) is 17.5 Å². The van der Waals surface area contributed by atoms with Crippen LogP contribution in [0.4, 0.5) is 18.9 Å². The maximum absolute atomic E-state index is 12.6. The second-order valence-corrected chi connectivity index (χ2v) is 5.78. The number of fused-ring (bicyclic) bond motifs is 1. The van der Waals surface area contributed by atoms with Crippen molar-refractivity contribution in [3.63, 3.8) is 0 Å². The summed E-state index contributed by atoms with van der Waals surface area (Å²) in [5.41, 5.74) is -6.24. The Balaban J connectivity index is 2.91. The number of rotatable bonds is 2. The lowest BCUT2D eigenvalue weighted by Gasteiger charge is -2.10. The van der Waals surface area contributed by atoms with Crippen molar-refractivity contribution in [2.75, 3.05) is 0 Å². The zero-order chi connectivity index (χ0) is 15.1. The van der Waals surface area contributed by atoms with Crippen molar-refractivity contribution >= 4 is 26.3 Å². The number of hydrogen-bond donors (Lipinski definition) is 0. The predicted molar refractivity (Wildman–Crippen MR) is 63.8 cm³/mol. The van der Waals surface area contributed by atoms with E-state index < -0.39 is 30.9 Å². The summed E-state index contributed by atoms with van der Waals surface area (Å²) in [5, 5.41) is 10.5. The van der Waals surface area contributed by atoms with Crippen LogP contribution in [0.5, 0.6) is 0 Å². The van der Waals surface area contributed by atoms with Crippen molar-refractivity contribution in [1.82, 2.24) is 0 Å². The molecule has 2 aromatic carbocycles. The first-order valence-corrected chi connectivity index (χ1v) is 6.61. The zero-order valence-corrected chi connectivity index (χ0v) is 10.4. The summed E-state index contributed by atoms with van der Waals surface area (Å²) in [6.07, 6.45) is 0. The highest BCUT2D eigenvalue weighted by Gasteiger charge is 2.48. The standard InChI is InChI=1S/C11H6F3NO4S/c12-11(13,14)20(18,19)10-6-8(15(16)17)5-7-3-1-2-4-9(7)10/h1-6H. The van der Waals surface area contributed by atoms with Gasteiger partial charge in [-0.05, 0) is 5.39 Å². The maximum Gasteiger partial charge on any atom is 0.501 e. The molecule has 0 aliphatic carbocycles. The summed E-state index contributed by atoms with van der Waals surface area (Å²) >= 11 is 0. The van der Waals surface area contributed by atoms with Crippen LogP contribution in [0.15, 0.2) is 41.3 Å². The Labute approximate surface area is 110 Å². The average molecular weight is 305 g/mol. The molecule has 2 aromatic rings. The molecule has 9 heteroatoms. The highest BCUT2D eigenvalue weighted by atomic mass is 32.2. The Bertz CT molecular complexity index is 799. The second-order valence-electron chi connectivity index (χ2n) is 3.87. The number of non-ortho nitro benzene ring substituents is 1. The molecule has 5 nitrogen and oxygen atoms in total. The van der Waals surface area contributed by atoms with E-state index in [4.69, 9.17) is 0 Å². The fourth-order valence-electron chi connectivity index (χ4n) is 1.71. The molecule has 106 valence electrons. The molecule has 0 aromatic heterocycles. The van der Waals surface area contributed by atoms with Crippen LogP contribution in [0.25, 0.3) is 10.8 Å². The molecule has 0 fully saturated rings. The van der Waals surface area contributed by atoms with Crippen molar-refractivity contribution in [1.29, 1.82) is 0 Å². The van der Waals surface area contributed by atoms with E-state index in [1.165, 1.54) is 18.2 Å². The first-order valence-electron chi connectivity index (χ1n) is 5.13. The third-order valence-corrected chi connectivity index (χ3v) is 4.14. The number of nitrogens with zero attached hydrogens (tertiary/aromatic N) is 1. The third kappa shape index (κ3) is 2.20. The first kappa shape index (κ1) is 14.3. The summed E-state index contributed by atoms with van der Waals surface area (Å²) in [5.74, 6) is 0. The van der Waals surface area contributed by atoms with Gasteiger partial charge in [0.1, 0.15) is 0 Å². The molecule has 0 amide bonds. The number of hydrogen-bond acceptors (Lipinski definition) is 4.